The Kier molecular flexibility index (Phi) is 8.34. The fourth-order valence-corrected chi connectivity index (χ4v) is 4.48. The van der Waals surface area contributed by atoms with Gasteiger partial charge in [-0.05, 0) is 74.6 Å². The molecule has 3 nitrogen and oxygen atoms in total. The molecule has 0 aromatic rings. The lowest BCUT2D eigenvalue weighted by molar-refractivity contribution is 0.0108. The highest BCUT2D eigenvalue weighted by atomic mass is 28.4. The van der Waals surface area contributed by atoms with Crippen LogP contribution in [0.1, 0.15) is 67.2 Å². The van der Waals surface area contributed by atoms with Crippen LogP contribution in [0, 0.1) is 11.3 Å². The van der Waals surface area contributed by atoms with Gasteiger partial charge in [0.15, 0.2) is 8.32 Å². The van der Waals surface area contributed by atoms with Crippen molar-refractivity contribution < 1.29 is 14.6 Å². The average Bonchev–Trinajstić information content (AvgIpc) is 2.49. The molecule has 0 bridgehead atoms. The van der Waals surface area contributed by atoms with Crippen molar-refractivity contribution in [3.63, 3.8) is 0 Å². The summed E-state index contributed by atoms with van der Waals surface area (Å²) in [4.78, 5) is 0. The Balaban J connectivity index is 2.90. The zero-order valence-electron chi connectivity index (χ0n) is 18.4. The maximum atomic E-state index is 11.0. The molecule has 0 saturated heterocycles. The SMILES string of the molecule is CC(C)=CCC[C@@]1(C)CC=C(CO[Si](C)(C)C(C)(C)C)C(O)[C@@H]1CCO. The van der Waals surface area contributed by atoms with Crippen LogP contribution in [0.3, 0.4) is 0 Å². The minimum Gasteiger partial charge on any atom is -0.413 e. The molecule has 2 N–H and O–H groups in total. The topological polar surface area (TPSA) is 49.7 Å². The maximum Gasteiger partial charge on any atom is 0.192 e. The summed E-state index contributed by atoms with van der Waals surface area (Å²) >= 11 is 0. The highest BCUT2D eigenvalue weighted by molar-refractivity contribution is 6.74. The first-order chi connectivity index (χ1) is 11.8. The van der Waals surface area contributed by atoms with E-state index in [1.54, 1.807) is 0 Å². The number of aliphatic hydroxyl groups excluding tert-OH is 2. The van der Waals surface area contributed by atoms with E-state index in [1.165, 1.54) is 5.57 Å². The molecule has 0 fully saturated rings. The third-order valence-electron chi connectivity index (χ3n) is 6.60. The van der Waals surface area contributed by atoms with E-state index in [0.29, 0.717) is 13.0 Å². The summed E-state index contributed by atoms with van der Waals surface area (Å²) in [5, 5.41) is 20.8. The van der Waals surface area contributed by atoms with E-state index in [0.717, 1.165) is 24.8 Å². The molecule has 1 rings (SSSR count). The monoisotopic (exact) mass is 382 g/mol. The summed E-state index contributed by atoms with van der Waals surface area (Å²) in [6.07, 6.45) is 7.61. The van der Waals surface area contributed by atoms with Crippen LogP contribution in [0.4, 0.5) is 0 Å². The number of allylic oxidation sites excluding steroid dienone is 3. The van der Waals surface area contributed by atoms with Crippen LogP contribution in [0.25, 0.3) is 0 Å². The summed E-state index contributed by atoms with van der Waals surface area (Å²) in [6, 6.07) is 0. The molecule has 0 heterocycles. The molecule has 0 saturated carbocycles. The predicted octanol–water partition coefficient (Wildman–Crippen LogP) is 5.45. The molecule has 0 radical (unpaired) electrons. The van der Waals surface area contributed by atoms with Gasteiger partial charge >= 0.3 is 0 Å². The average molecular weight is 383 g/mol. The summed E-state index contributed by atoms with van der Waals surface area (Å²) in [5.41, 5.74) is 2.37. The normalized spacial score (nSPS) is 27.2. The number of rotatable bonds is 8. The van der Waals surface area contributed by atoms with Crippen molar-refractivity contribution in [2.75, 3.05) is 13.2 Å². The van der Waals surface area contributed by atoms with Gasteiger partial charge in [-0.3, -0.25) is 0 Å². The molecule has 0 aliphatic heterocycles. The number of hydrogen-bond donors (Lipinski definition) is 2. The van der Waals surface area contributed by atoms with E-state index in [9.17, 15) is 10.2 Å². The Morgan fingerprint density at radius 1 is 1.35 bits per heavy atom. The highest BCUT2D eigenvalue weighted by Gasteiger charge is 2.43. The molecule has 26 heavy (non-hydrogen) atoms. The van der Waals surface area contributed by atoms with Crippen molar-refractivity contribution in [1.82, 2.24) is 0 Å². The first-order valence-corrected chi connectivity index (χ1v) is 13.0. The van der Waals surface area contributed by atoms with Gasteiger partial charge in [0.05, 0.1) is 12.7 Å². The lowest BCUT2D eigenvalue weighted by Crippen LogP contribution is -2.45. The van der Waals surface area contributed by atoms with Gasteiger partial charge in [-0.1, -0.05) is 45.4 Å². The molecular formula is C22H42O3Si. The van der Waals surface area contributed by atoms with Gasteiger partial charge in [-0.15, -0.1) is 0 Å². The maximum absolute atomic E-state index is 11.0. The Hall–Kier alpha value is -0.423. The first-order valence-electron chi connectivity index (χ1n) is 10.1. The van der Waals surface area contributed by atoms with Crippen molar-refractivity contribution in [1.29, 1.82) is 0 Å². The van der Waals surface area contributed by atoms with Gasteiger partial charge in [-0.25, -0.2) is 0 Å². The van der Waals surface area contributed by atoms with E-state index in [-0.39, 0.29) is 23.0 Å². The van der Waals surface area contributed by atoms with Gasteiger partial charge in [0.1, 0.15) is 0 Å². The molecule has 3 atom stereocenters. The molecular weight excluding hydrogens is 340 g/mol. The van der Waals surface area contributed by atoms with Crippen LogP contribution < -0.4 is 0 Å². The molecule has 0 aromatic carbocycles. The predicted molar refractivity (Wildman–Crippen MR) is 114 cm³/mol. The quantitative estimate of drug-likeness (QED) is 0.433. The second-order valence-corrected chi connectivity index (χ2v) is 14.9. The van der Waals surface area contributed by atoms with Crippen LogP contribution in [0.15, 0.2) is 23.3 Å². The molecule has 1 aliphatic carbocycles. The number of hydrogen-bond acceptors (Lipinski definition) is 3. The van der Waals surface area contributed by atoms with E-state index in [4.69, 9.17) is 4.43 Å². The van der Waals surface area contributed by atoms with E-state index in [2.05, 4.69) is 66.8 Å². The third kappa shape index (κ3) is 6.05. The van der Waals surface area contributed by atoms with Gasteiger partial charge in [-0.2, -0.15) is 0 Å². The Morgan fingerprint density at radius 3 is 2.46 bits per heavy atom. The first kappa shape index (κ1) is 23.6. The minimum atomic E-state index is -1.84. The molecule has 0 aromatic heterocycles. The molecule has 0 amide bonds. The summed E-state index contributed by atoms with van der Waals surface area (Å²) in [6.45, 7) is 18.4. The minimum absolute atomic E-state index is 0.0224. The van der Waals surface area contributed by atoms with Crippen LogP contribution in [-0.4, -0.2) is 37.8 Å². The number of aliphatic hydroxyl groups is 2. The van der Waals surface area contributed by atoms with Crippen LogP contribution in [0.5, 0.6) is 0 Å². The molecule has 1 unspecified atom stereocenters. The van der Waals surface area contributed by atoms with Crippen molar-refractivity contribution in [2.24, 2.45) is 11.3 Å². The van der Waals surface area contributed by atoms with Gasteiger partial charge in [0.25, 0.3) is 0 Å². The summed E-state index contributed by atoms with van der Waals surface area (Å²) in [7, 11) is -1.84. The van der Waals surface area contributed by atoms with Gasteiger partial charge in [0, 0.05) is 6.61 Å². The molecule has 4 heteroatoms. The Morgan fingerprint density at radius 2 is 1.96 bits per heavy atom. The van der Waals surface area contributed by atoms with Crippen molar-refractivity contribution in [2.45, 2.75) is 91.5 Å². The Bertz CT molecular complexity index is 512. The van der Waals surface area contributed by atoms with Crippen molar-refractivity contribution in [3.8, 4) is 0 Å². The zero-order chi connectivity index (χ0) is 20.2. The lowest BCUT2D eigenvalue weighted by Gasteiger charge is -2.45. The summed E-state index contributed by atoms with van der Waals surface area (Å²) < 4.78 is 6.35. The van der Waals surface area contributed by atoms with Gasteiger partial charge < -0.3 is 14.6 Å². The van der Waals surface area contributed by atoms with Gasteiger partial charge in [0.2, 0.25) is 0 Å². The lowest BCUT2D eigenvalue weighted by atomic mass is 9.63. The highest BCUT2D eigenvalue weighted by Crippen LogP contribution is 2.46. The van der Waals surface area contributed by atoms with Crippen LogP contribution in [0.2, 0.25) is 18.1 Å². The Labute approximate surface area is 162 Å². The van der Waals surface area contributed by atoms with Crippen LogP contribution >= 0.6 is 0 Å². The second-order valence-electron chi connectivity index (χ2n) is 10.1. The van der Waals surface area contributed by atoms with Crippen molar-refractivity contribution >= 4 is 8.32 Å². The molecule has 0 spiro atoms. The third-order valence-corrected chi connectivity index (χ3v) is 11.1. The standard InChI is InChI=1S/C22H42O3Si/c1-17(2)10-9-13-22(6)14-11-18(20(24)19(22)12-15-23)16-25-26(7,8)21(3,4)5/h10-11,19-20,23-24H,9,12-16H2,1-8H3/t19-,20?,22-/m0/s1. The largest absolute Gasteiger partial charge is 0.413 e. The van der Waals surface area contributed by atoms with E-state index < -0.39 is 14.4 Å². The fraction of sp³-hybridized carbons (Fsp3) is 0.818. The van der Waals surface area contributed by atoms with Crippen LogP contribution in [-0.2, 0) is 4.43 Å². The smallest absolute Gasteiger partial charge is 0.192 e. The van der Waals surface area contributed by atoms with Crippen molar-refractivity contribution in [3.05, 3.63) is 23.3 Å². The molecule has 1 aliphatic rings. The zero-order valence-corrected chi connectivity index (χ0v) is 19.4. The second kappa shape index (κ2) is 9.18. The summed E-state index contributed by atoms with van der Waals surface area (Å²) in [5.74, 6) is 0.0843. The van der Waals surface area contributed by atoms with E-state index >= 15 is 0 Å². The fourth-order valence-electron chi connectivity index (χ4n) is 3.52. The molecule has 152 valence electrons. The van der Waals surface area contributed by atoms with E-state index in [1.807, 2.05) is 0 Å².